The number of hydrogen-bond acceptors (Lipinski definition) is 4. The number of amides is 2. The van der Waals surface area contributed by atoms with Crippen LogP contribution < -0.4 is 5.32 Å². The zero-order valence-electron chi connectivity index (χ0n) is 12.3. The number of urea groups is 1. The Morgan fingerprint density at radius 1 is 1.57 bits per heavy atom. The molecule has 6 nitrogen and oxygen atoms in total. The molecule has 2 amide bonds. The summed E-state index contributed by atoms with van der Waals surface area (Å²) < 4.78 is 5.01. The predicted octanol–water partition coefficient (Wildman–Crippen LogP) is 2.32. The molecule has 0 aliphatic carbocycles. The lowest BCUT2D eigenvalue weighted by Gasteiger charge is -2.20. The third-order valence-corrected chi connectivity index (χ3v) is 4.04. The van der Waals surface area contributed by atoms with Gasteiger partial charge in [-0.1, -0.05) is 6.07 Å². The summed E-state index contributed by atoms with van der Waals surface area (Å²) in [7, 11) is 1.63. The molecule has 0 spiro atoms. The van der Waals surface area contributed by atoms with E-state index >= 15 is 0 Å². The van der Waals surface area contributed by atoms with Crippen LogP contribution in [0.4, 0.5) is 4.79 Å². The number of likely N-dealkylation sites (N-methyl/N-ethyl adjacent to an activating group) is 1. The van der Waals surface area contributed by atoms with Crippen molar-refractivity contribution in [2.24, 2.45) is 0 Å². The van der Waals surface area contributed by atoms with E-state index in [1.807, 2.05) is 24.4 Å². The van der Waals surface area contributed by atoms with Crippen molar-refractivity contribution < 1.29 is 9.53 Å². The van der Waals surface area contributed by atoms with E-state index in [0.717, 1.165) is 16.1 Å². The van der Waals surface area contributed by atoms with E-state index in [1.165, 1.54) is 0 Å². The molecule has 2 heterocycles. The second-order valence-corrected chi connectivity index (χ2v) is 5.43. The molecule has 114 valence electrons. The summed E-state index contributed by atoms with van der Waals surface area (Å²) in [6.45, 7) is 4.17. The lowest BCUT2D eigenvalue weighted by atomic mass is 10.2. The zero-order valence-corrected chi connectivity index (χ0v) is 13.1. The Bertz CT molecular complexity index is 553. The predicted molar refractivity (Wildman–Crippen MR) is 83.3 cm³/mol. The van der Waals surface area contributed by atoms with Crippen LogP contribution in [0.15, 0.2) is 23.7 Å². The first-order valence-electron chi connectivity index (χ1n) is 6.84. The second-order valence-electron chi connectivity index (χ2n) is 4.48. The topological polar surface area (TPSA) is 70.2 Å². The standard InChI is InChI=1S/C14H20N4O2S/c1-3-18(6-7-20-2)14(19)15-9-11-10-16-17-13(11)12-5-4-8-21-12/h4-5,8,10H,3,6-7,9H2,1-2H3,(H,15,19)(H,16,17). The summed E-state index contributed by atoms with van der Waals surface area (Å²) >= 11 is 1.64. The SMILES string of the molecule is CCN(CCOC)C(=O)NCc1cn[nH]c1-c1cccs1. The van der Waals surface area contributed by atoms with E-state index in [2.05, 4.69) is 15.5 Å². The number of rotatable bonds is 7. The third kappa shape index (κ3) is 4.05. The van der Waals surface area contributed by atoms with Gasteiger partial charge in [0, 0.05) is 32.3 Å². The lowest BCUT2D eigenvalue weighted by molar-refractivity contribution is 0.151. The minimum atomic E-state index is -0.0899. The first kappa shape index (κ1) is 15.5. The van der Waals surface area contributed by atoms with E-state index in [9.17, 15) is 4.79 Å². The van der Waals surface area contributed by atoms with Gasteiger partial charge in [-0.2, -0.15) is 5.10 Å². The molecule has 0 aliphatic rings. The molecule has 2 aromatic heterocycles. The number of carbonyl (C=O) groups is 1. The van der Waals surface area contributed by atoms with Gasteiger partial charge < -0.3 is 15.0 Å². The highest BCUT2D eigenvalue weighted by molar-refractivity contribution is 7.13. The normalized spacial score (nSPS) is 10.6. The van der Waals surface area contributed by atoms with Gasteiger partial charge in [0.05, 0.1) is 23.4 Å². The molecule has 21 heavy (non-hydrogen) atoms. The number of thiophene rings is 1. The number of hydrogen-bond donors (Lipinski definition) is 2. The van der Waals surface area contributed by atoms with Gasteiger partial charge in [-0.15, -0.1) is 11.3 Å². The number of nitrogens with zero attached hydrogens (tertiary/aromatic N) is 2. The third-order valence-electron chi connectivity index (χ3n) is 3.15. The largest absolute Gasteiger partial charge is 0.383 e. The van der Waals surface area contributed by atoms with Crippen LogP contribution in [-0.4, -0.2) is 47.9 Å². The van der Waals surface area contributed by atoms with Crippen molar-refractivity contribution in [2.75, 3.05) is 26.8 Å². The van der Waals surface area contributed by atoms with Gasteiger partial charge in [0.25, 0.3) is 0 Å². The Morgan fingerprint density at radius 2 is 2.43 bits per heavy atom. The Morgan fingerprint density at radius 3 is 3.10 bits per heavy atom. The van der Waals surface area contributed by atoms with Gasteiger partial charge in [-0.05, 0) is 18.4 Å². The number of methoxy groups -OCH3 is 1. The molecule has 0 saturated heterocycles. The fourth-order valence-electron chi connectivity index (χ4n) is 1.97. The summed E-state index contributed by atoms with van der Waals surface area (Å²) in [5.41, 5.74) is 1.94. The molecule has 0 aliphatic heterocycles. The van der Waals surface area contributed by atoms with Gasteiger partial charge in [0.15, 0.2) is 0 Å². The van der Waals surface area contributed by atoms with Gasteiger partial charge in [0.2, 0.25) is 0 Å². The smallest absolute Gasteiger partial charge is 0.317 e. The van der Waals surface area contributed by atoms with Gasteiger partial charge in [0.1, 0.15) is 0 Å². The molecule has 0 atom stereocenters. The highest BCUT2D eigenvalue weighted by Gasteiger charge is 2.13. The molecule has 0 aromatic carbocycles. The van der Waals surface area contributed by atoms with Crippen molar-refractivity contribution in [1.29, 1.82) is 0 Å². The highest BCUT2D eigenvalue weighted by Crippen LogP contribution is 2.25. The molecule has 0 saturated carbocycles. The number of H-pyrrole nitrogens is 1. The van der Waals surface area contributed by atoms with Gasteiger partial charge >= 0.3 is 6.03 Å². The fraction of sp³-hybridized carbons (Fsp3) is 0.429. The lowest BCUT2D eigenvalue weighted by Crippen LogP contribution is -2.41. The molecule has 2 rings (SSSR count). The monoisotopic (exact) mass is 308 g/mol. The van der Waals surface area contributed by atoms with E-state index in [-0.39, 0.29) is 6.03 Å². The quantitative estimate of drug-likeness (QED) is 0.824. The highest BCUT2D eigenvalue weighted by atomic mass is 32.1. The minimum absolute atomic E-state index is 0.0899. The molecule has 0 radical (unpaired) electrons. The van der Waals surface area contributed by atoms with E-state index in [1.54, 1.807) is 29.5 Å². The van der Waals surface area contributed by atoms with E-state index in [0.29, 0.717) is 26.2 Å². The van der Waals surface area contributed by atoms with Crippen molar-refractivity contribution in [3.05, 3.63) is 29.3 Å². The summed E-state index contributed by atoms with van der Waals surface area (Å²) in [4.78, 5) is 14.9. The van der Waals surface area contributed by atoms with Gasteiger partial charge in [-0.3, -0.25) is 5.10 Å². The Kier molecular flexibility index (Phi) is 5.77. The Hall–Kier alpha value is -1.86. The van der Waals surface area contributed by atoms with Crippen molar-refractivity contribution >= 4 is 17.4 Å². The Balaban J connectivity index is 1.94. The molecular formula is C14H20N4O2S. The molecule has 0 unspecified atom stereocenters. The van der Waals surface area contributed by atoms with Crippen LogP contribution in [0, 0.1) is 0 Å². The maximum Gasteiger partial charge on any atom is 0.317 e. The number of aromatic nitrogens is 2. The fourth-order valence-corrected chi connectivity index (χ4v) is 2.72. The van der Waals surface area contributed by atoms with Crippen LogP contribution in [-0.2, 0) is 11.3 Å². The number of nitrogens with one attached hydrogen (secondary N) is 2. The van der Waals surface area contributed by atoms with Crippen molar-refractivity contribution in [2.45, 2.75) is 13.5 Å². The van der Waals surface area contributed by atoms with Crippen LogP contribution in [0.25, 0.3) is 10.6 Å². The molecule has 2 N–H and O–H groups in total. The number of aromatic amines is 1. The Labute approximate surface area is 128 Å². The van der Waals surface area contributed by atoms with E-state index in [4.69, 9.17) is 4.74 Å². The molecule has 2 aromatic rings. The minimum Gasteiger partial charge on any atom is -0.383 e. The van der Waals surface area contributed by atoms with Crippen molar-refractivity contribution in [3.8, 4) is 10.6 Å². The molecule has 0 bridgehead atoms. The summed E-state index contributed by atoms with van der Waals surface area (Å²) in [6, 6.07) is 3.93. The zero-order chi connectivity index (χ0) is 15.1. The van der Waals surface area contributed by atoms with Crippen molar-refractivity contribution in [1.82, 2.24) is 20.4 Å². The van der Waals surface area contributed by atoms with Crippen LogP contribution in [0.2, 0.25) is 0 Å². The van der Waals surface area contributed by atoms with Crippen molar-refractivity contribution in [3.63, 3.8) is 0 Å². The molecule has 7 heteroatoms. The second kappa shape index (κ2) is 7.80. The number of carbonyl (C=O) groups excluding carboxylic acids is 1. The average Bonchev–Trinajstić information content (AvgIpc) is 3.16. The van der Waals surface area contributed by atoms with Crippen LogP contribution >= 0.6 is 11.3 Å². The maximum absolute atomic E-state index is 12.1. The molecule has 0 fully saturated rings. The van der Waals surface area contributed by atoms with E-state index < -0.39 is 0 Å². The summed E-state index contributed by atoms with van der Waals surface area (Å²) in [5.74, 6) is 0. The van der Waals surface area contributed by atoms with Gasteiger partial charge in [-0.25, -0.2) is 4.79 Å². The summed E-state index contributed by atoms with van der Waals surface area (Å²) in [6.07, 6.45) is 1.75. The maximum atomic E-state index is 12.1. The average molecular weight is 308 g/mol. The van der Waals surface area contributed by atoms with Crippen LogP contribution in [0.5, 0.6) is 0 Å². The molecular weight excluding hydrogens is 288 g/mol. The first-order valence-corrected chi connectivity index (χ1v) is 7.72. The first-order chi connectivity index (χ1) is 10.3. The summed E-state index contributed by atoms with van der Waals surface area (Å²) in [5, 5.41) is 12.0. The number of ether oxygens (including phenoxy) is 1. The van der Waals surface area contributed by atoms with Crippen LogP contribution in [0.3, 0.4) is 0 Å². The van der Waals surface area contributed by atoms with Crippen LogP contribution in [0.1, 0.15) is 12.5 Å².